The number of H-pyrrole nitrogens is 1. The van der Waals surface area contributed by atoms with Gasteiger partial charge in [-0.25, -0.2) is 0 Å². The normalized spacial score (nSPS) is 15.5. The zero-order chi connectivity index (χ0) is 22.0. The minimum atomic E-state index is -0.0878. The molecule has 3 aromatic rings. The number of nitrogens with one attached hydrogen (secondary N) is 1. The minimum absolute atomic E-state index is 0.0878. The molecule has 2 heterocycles. The number of rotatable bonds is 6. The first-order valence-electron chi connectivity index (χ1n) is 10.8. The molecule has 2 aliphatic rings. The van der Waals surface area contributed by atoms with Crippen LogP contribution < -0.4 is 9.64 Å². The number of tetrazole rings is 1. The Hall–Kier alpha value is -3.95. The number of hydrogen-bond acceptors (Lipinski definition) is 6. The third-order valence-electron chi connectivity index (χ3n) is 6.47. The number of anilines is 2. The molecule has 8 nitrogen and oxygen atoms in total. The van der Waals surface area contributed by atoms with E-state index in [0.717, 1.165) is 30.8 Å². The van der Waals surface area contributed by atoms with Gasteiger partial charge in [0.25, 0.3) is 6.72 Å². The van der Waals surface area contributed by atoms with Gasteiger partial charge in [-0.1, -0.05) is 24.0 Å². The SMILES string of the molecule is C#CCOc1ccc2c(c1)C1(CCCC1)c1cc(N=[N+]=C)ccc1N2CCc1nn[nH]n1. The summed E-state index contributed by atoms with van der Waals surface area (Å²) in [4.78, 5) is 6.08. The van der Waals surface area contributed by atoms with Crippen molar-refractivity contribution in [3.05, 3.63) is 53.3 Å². The highest BCUT2D eigenvalue weighted by molar-refractivity contribution is 5.80. The van der Waals surface area contributed by atoms with Crippen LogP contribution in [0.15, 0.2) is 41.5 Å². The van der Waals surface area contributed by atoms with Crippen molar-refractivity contribution in [3.8, 4) is 18.1 Å². The summed E-state index contributed by atoms with van der Waals surface area (Å²) < 4.78 is 5.80. The van der Waals surface area contributed by atoms with Crippen molar-refractivity contribution < 1.29 is 9.53 Å². The Labute approximate surface area is 186 Å². The average Bonchev–Trinajstić information content (AvgIpc) is 3.51. The fourth-order valence-corrected chi connectivity index (χ4v) is 5.17. The van der Waals surface area contributed by atoms with E-state index >= 15 is 0 Å². The van der Waals surface area contributed by atoms with Gasteiger partial charge in [0.2, 0.25) is 0 Å². The first-order chi connectivity index (χ1) is 15.7. The molecule has 1 spiro atoms. The molecule has 0 saturated heterocycles. The first-order valence-corrected chi connectivity index (χ1v) is 10.8. The molecule has 1 aliphatic heterocycles. The lowest BCUT2D eigenvalue weighted by Crippen LogP contribution is -2.36. The van der Waals surface area contributed by atoms with Crippen LogP contribution in [-0.4, -0.2) is 45.3 Å². The van der Waals surface area contributed by atoms with E-state index in [0.29, 0.717) is 12.2 Å². The molecule has 0 atom stereocenters. The summed E-state index contributed by atoms with van der Waals surface area (Å²) in [6.07, 6.45) is 10.6. The van der Waals surface area contributed by atoms with Gasteiger partial charge >= 0.3 is 0 Å². The summed E-state index contributed by atoms with van der Waals surface area (Å²) in [6, 6.07) is 12.6. The lowest BCUT2D eigenvalue weighted by atomic mass is 9.69. The van der Waals surface area contributed by atoms with E-state index in [1.807, 2.05) is 12.1 Å². The van der Waals surface area contributed by atoms with Crippen molar-refractivity contribution in [2.24, 2.45) is 5.11 Å². The molecule has 1 fully saturated rings. The Morgan fingerprint density at radius 3 is 2.69 bits per heavy atom. The Morgan fingerprint density at radius 1 is 1.19 bits per heavy atom. The lowest BCUT2D eigenvalue weighted by molar-refractivity contribution is -0.0631. The van der Waals surface area contributed by atoms with Gasteiger partial charge in [0.15, 0.2) is 5.82 Å². The van der Waals surface area contributed by atoms with E-state index in [1.165, 1.54) is 35.3 Å². The number of nitrogens with zero attached hydrogens (tertiary/aromatic N) is 6. The van der Waals surface area contributed by atoms with E-state index in [1.54, 1.807) is 0 Å². The molecule has 0 radical (unpaired) electrons. The van der Waals surface area contributed by atoms with Crippen molar-refractivity contribution in [3.63, 3.8) is 0 Å². The second-order valence-electron chi connectivity index (χ2n) is 8.13. The molecule has 32 heavy (non-hydrogen) atoms. The van der Waals surface area contributed by atoms with Crippen LogP contribution in [0.2, 0.25) is 0 Å². The number of benzene rings is 2. The highest BCUT2D eigenvalue weighted by Crippen LogP contribution is 2.57. The molecule has 1 saturated carbocycles. The number of terminal acetylenes is 1. The second kappa shape index (κ2) is 8.29. The van der Waals surface area contributed by atoms with Crippen LogP contribution in [0.25, 0.3) is 0 Å². The van der Waals surface area contributed by atoms with Crippen molar-refractivity contribution in [2.75, 3.05) is 18.1 Å². The highest BCUT2D eigenvalue weighted by atomic mass is 16.5. The standard InChI is InChI=1S/C24H24N7O/c1-3-14-32-18-7-9-22-20(16-18)24(11-4-5-12-24)19-15-17(26-25-2)6-8-21(19)31(22)13-10-23-27-29-30-28-23/h1,6-9,15-16H,2,4-5,10-14H2,(H,27,28,29,30)/q+1. The molecule has 5 rings (SSSR count). The molecule has 0 amide bonds. The van der Waals surface area contributed by atoms with Crippen molar-refractivity contribution in [2.45, 2.75) is 37.5 Å². The first kappa shape index (κ1) is 20.0. The van der Waals surface area contributed by atoms with Crippen LogP contribution in [0.1, 0.15) is 42.6 Å². The predicted octanol–water partition coefficient (Wildman–Crippen LogP) is 3.76. The monoisotopic (exact) mass is 426 g/mol. The number of aromatic nitrogens is 4. The predicted molar refractivity (Wildman–Crippen MR) is 121 cm³/mol. The Morgan fingerprint density at radius 2 is 1.97 bits per heavy atom. The molecular formula is C24H24N7O+. The number of fused-ring (bicyclic) bond motifs is 4. The minimum Gasteiger partial charge on any atom is -0.481 e. The number of aromatic amines is 1. The third-order valence-corrected chi connectivity index (χ3v) is 6.47. The van der Waals surface area contributed by atoms with E-state index in [4.69, 9.17) is 11.2 Å². The van der Waals surface area contributed by atoms with E-state index < -0.39 is 0 Å². The summed E-state index contributed by atoms with van der Waals surface area (Å²) >= 11 is 0. The molecule has 2 aromatic carbocycles. The van der Waals surface area contributed by atoms with Gasteiger partial charge in [-0.3, -0.25) is 0 Å². The van der Waals surface area contributed by atoms with Crippen LogP contribution in [-0.2, 0) is 11.8 Å². The molecule has 160 valence electrons. The fraction of sp³-hybridized carbons (Fsp3) is 0.333. The van der Waals surface area contributed by atoms with Gasteiger partial charge in [0.1, 0.15) is 23.2 Å². The highest BCUT2D eigenvalue weighted by Gasteiger charge is 2.45. The summed E-state index contributed by atoms with van der Waals surface area (Å²) in [7, 11) is 0. The lowest BCUT2D eigenvalue weighted by Gasteiger charge is -2.44. The van der Waals surface area contributed by atoms with Gasteiger partial charge in [0.05, 0.1) is 0 Å². The molecular weight excluding hydrogens is 402 g/mol. The van der Waals surface area contributed by atoms with Gasteiger partial charge in [-0.15, -0.1) is 16.6 Å². The van der Waals surface area contributed by atoms with E-state index in [-0.39, 0.29) is 12.0 Å². The van der Waals surface area contributed by atoms with Crippen LogP contribution >= 0.6 is 0 Å². The maximum Gasteiger partial charge on any atom is 0.296 e. The van der Waals surface area contributed by atoms with Crippen LogP contribution in [0, 0.1) is 12.3 Å². The molecule has 0 unspecified atom stereocenters. The van der Waals surface area contributed by atoms with Crippen molar-refractivity contribution >= 4 is 23.8 Å². The molecule has 1 N–H and O–H groups in total. The fourth-order valence-electron chi connectivity index (χ4n) is 5.17. The molecule has 1 aliphatic carbocycles. The van der Waals surface area contributed by atoms with Gasteiger partial charge in [-0.05, 0) is 60.4 Å². The van der Waals surface area contributed by atoms with Gasteiger partial charge < -0.3 is 9.64 Å². The molecule has 8 heteroatoms. The molecule has 1 aromatic heterocycles. The van der Waals surface area contributed by atoms with Crippen LogP contribution in [0.5, 0.6) is 5.75 Å². The van der Waals surface area contributed by atoms with Crippen molar-refractivity contribution in [1.82, 2.24) is 20.6 Å². The summed E-state index contributed by atoms with van der Waals surface area (Å²) in [6.45, 7) is 4.49. The maximum atomic E-state index is 5.80. The topological polar surface area (TPSA) is 93.4 Å². The Balaban J connectivity index is 1.66. The maximum absolute atomic E-state index is 5.80. The van der Waals surface area contributed by atoms with Crippen LogP contribution in [0.3, 0.4) is 0 Å². The summed E-state index contributed by atoms with van der Waals surface area (Å²) in [5.41, 5.74) is 5.63. The Kier molecular flexibility index (Phi) is 5.18. The number of ether oxygens (including phenoxy) is 1. The average molecular weight is 427 g/mol. The molecule has 0 bridgehead atoms. The van der Waals surface area contributed by atoms with Crippen molar-refractivity contribution in [1.29, 1.82) is 0 Å². The van der Waals surface area contributed by atoms with E-state index in [2.05, 4.69) is 72.3 Å². The largest absolute Gasteiger partial charge is 0.481 e. The smallest absolute Gasteiger partial charge is 0.296 e. The van der Waals surface area contributed by atoms with E-state index in [9.17, 15) is 0 Å². The summed E-state index contributed by atoms with van der Waals surface area (Å²) in [5, 5.41) is 18.7. The number of hydrogen-bond donors (Lipinski definition) is 1. The zero-order valence-electron chi connectivity index (χ0n) is 17.8. The second-order valence-corrected chi connectivity index (χ2v) is 8.13. The van der Waals surface area contributed by atoms with Crippen LogP contribution in [0.4, 0.5) is 17.1 Å². The van der Waals surface area contributed by atoms with Gasteiger partial charge in [0, 0.05) is 34.5 Å². The zero-order valence-corrected chi connectivity index (χ0v) is 17.8. The summed E-state index contributed by atoms with van der Waals surface area (Å²) in [5.74, 6) is 4.04. The quantitative estimate of drug-likeness (QED) is 0.280. The third kappa shape index (κ3) is 3.33. The Bertz CT molecular complexity index is 1220. The van der Waals surface area contributed by atoms with Gasteiger partial charge in [-0.2, -0.15) is 5.21 Å².